The van der Waals surface area contributed by atoms with E-state index in [1.54, 1.807) is 12.1 Å². The monoisotopic (exact) mass is 512 g/mol. The maximum Gasteiger partial charge on any atom is 0.430 e. The van der Waals surface area contributed by atoms with E-state index in [0.717, 1.165) is 12.3 Å². The van der Waals surface area contributed by atoms with Gasteiger partial charge in [0.25, 0.3) is 5.91 Å². The predicted octanol–water partition coefficient (Wildman–Crippen LogP) is 6.53. The first-order valence-corrected chi connectivity index (χ1v) is 10.0. The second-order valence-corrected chi connectivity index (χ2v) is 7.40. The number of hydrogen-bond donors (Lipinski definition) is 2. The fraction of sp³-hybridized carbons (Fsp3) is 0.0870. The molecular weight excluding hydrogens is 498 g/mol. The summed E-state index contributed by atoms with van der Waals surface area (Å²) in [6.07, 6.45) is -7.28. The molecule has 0 saturated heterocycles. The number of rotatable bonds is 5. The van der Waals surface area contributed by atoms with Crippen LogP contribution in [0.4, 0.5) is 37.7 Å². The molecule has 0 aliphatic heterocycles. The zero-order valence-corrected chi connectivity index (χ0v) is 18.2. The lowest BCUT2D eigenvalue weighted by molar-refractivity contribution is -0.137. The second kappa shape index (κ2) is 10.2. The molecule has 1 heterocycles. The van der Waals surface area contributed by atoms with Crippen molar-refractivity contribution in [3.05, 3.63) is 100 Å². The van der Waals surface area contributed by atoms with Gasteiger partial charge < -0.3 is 11.1 Å². The Hall–Kier alpha value is -3.86. The highest BCUT2D eigenvalue weighted by atomic mass is 35.5. The average molecular weight is 513 g/mol. The fourth-order valence-corrected chi connectivity index (χ4v) is 2.98. The third-order valence-corrected chi connectivity index (χ3v) is 4.85. The number of nitrogens with one attached hydrogen (secondary N) is 1. The van der Waals surface area contributed by atoms with Gasteiger partial charge >= 0.3 is 12.4 Å². The number of amides is 1. The molecule has 0 bridgehead atoms. The molecule has 0 fully saturated rings. The molecule has 5 nitrogen and oxygen atoms in total. The second-order valence-electron chi connectivity index (χ2n) is 7.00. The first kappa shape index (κ1) is 25.8. The molecule has 2 aromatic carbocycles. The van der Waals surface area contributed by atoms with E-state index < -0.39 is 35.2 Å². The van der Waals surface area contributed by atoms with E-state index in [-0.39, 0.29) is 27.5 Å². The Balaban J connectivity index is 1.95. The van der Waals surface area contributed by atoms with Crippen molar-refractivity contribution in [3.63, 3.8) is 0 Å². The first-order chi connectivity index (χ1) is 16.4. The van der Waals surface area contributed by atoms with E-state index >= 15 is 0 Å². The Labute approximate surface area is 200 Å². The van der Waals surface area contributed by atoms with Gasteiger partial charge in [-0.3, -0.25) is 9.78 Å². The molecule has 35 heavy (non-hydrogen) atoms. The molecular formula is C23H15ClF6N4O. The summed E-state index contributed by atoms with van der Waals surface area (Å²) in [5, 5.41) is 2.33. The molecule has 1 amide bonds. The van der Waals surface area contributed by atoms with Crippen molar-refractivity contribution in [3.8, 4) is 0 Å². The van der Waals surface area contributed by atoms with Gasteiger partial charge in [0.2, 0.25) is 0 Å². The highest BCUT2D eigenvalue weighted by molar-refractivity contribution is 6.33. The maximum absolute atomic E-state index is 13.1. The highest BCUT2D eigenvalue weighted by Crippen LogP contribution is 2.34. The number of pyridine rings is 1. The van der Waals surface area contributed by atoms with Crippen LogP contribution in [-0.2, 0) is 6.18 Å². The minimum Gasteiger partial charge on any atom is -0.395 e. The number of aromatic nitrogens is 1. The third-order valence-electron chi connectivity index (χ3n) is 4.53. The Morgan fingerprint density at radius 1 is 0.971 bits per heavy atom. The number of benzene rings is 2. The number of nitrogens with two attached hydrogens (primary N) is 1. The van der Waals surface area contributed by atoms with E-state index in [2.05, 4.69) is 15.3 Å². The van der Waals surface area contributed by atoms with Crippen LogP contribution >= 0.6 is 11.6 Å². The van der Waals surface area contributed by atoms with Gasteiger partial charge in [-0.2, -0.15) is 26.3 Å². The van der Waals surface area contributed by atoms with Gasteiger partial charge in [-0.25, -0.2) is 4.99 Å². The number of carbonyl (C=O) groups excluding carboxylic acids is 1. The largest absolute Gasteiger partial charge is 0.430 e. The van der Waals surface area contributed by atoms with Crippen molar-refractivity contribution < 1.29 is 31.1 Å². The summed E-state index contributed by atoms with van der Waals surface area (Å²) in [6.45, 7) is 0. The van der Waals surface area contributed by atoms with Gasteiger partial charge in [-0.05, 0) is 36.4 Å². The quantitative estimate of drug-likeness (QED) is 0.301. The van der Waals surface area contributed by atoms with E-state index in [1.165, 1.54) is 36.4 Å². The lowest BCUT2D eigenvalue weighted by atomic mass is 10.1. The maximum atomic E-state index is 13.1. The number of carbonyl (C=O) groups is 1. The molecule has 12 heteroatoms. The van der Waals surface area contributed by atoms with Crippen LogP contribution in [0, 0.1) is 0 Å². The standard InChI is InChI=1S/C23H15ClF6N4O/c24-16-3-1-2-4-18(16)33-19(11-20(31)23(28,29)30)13-5-7-14(8-6-13)21(35)34-17-9-10-32-12-15(17)22(25,26)27/h1-12H,31H2,(H,32,34,35)/b20-11-,33-19?. The number of nitrogens with zero attached hydrogens (tertiary/aromatic N) is 2. The fourth-order valence-electron chi connectivity index (χ4n) is 2.80. The molecule has 0 atom stereocenters. The number of para-hydroxylation sites is 1. The molecule has 0 aliphatic rings. The van der Waals surface area contributed by atoms with Crippen molar-refractivity contribution in [1.29, 1.82) is 0 Å². The molecule has 0 spiro atoms. The zero-order valence-electron chi connectivity index (χ0n) is 17.5. The van der Waals surface area contributed by atoms with Crippen LogP contribution in [0.1, 0.15) is 21.5 Å². The van der Waals surface area contributed by atoms with Crippen LogP contribution in [0.3, 0.4) is 0 Å². The Kier molecular flexibility index (Phi) is 7.49. The van der Waals surface area contributed by atoms with Crippen molar-refractivity contribution in [1.82, 2.24) is 4.98 Å². The zero-order chi connectivity index (χ0) is 25.8. The summed E-state index contributed by atoms with van der Waals surface area (Å²) in [5.41, 5.74) is 2.18. The number of hydrogen-bond acceptors (Lipinski definition) is 4. The van der Waals surface area contributed by atoms with Crippen LogP contribution in [0.25, 0.3) is 0 Å². The summed E-state index contributed by atoms with van der Waals surface area (Å²) < 4.78 is 78.5. The summed E-state index contributed by atoms with van der Waals surface area (Å²) in [7, 11) is 0. The third kappa shape index (κ3) is 6.60. The summed E-state index contributed by atoms with van der Waals surface area (Å²) in [5.74, 6) is -0.872. The van der Waals surface area contributed by atoms with E-state index in [1.807, 2.05) is 0 Å². The van der Waals surface area contributed by atoms with Crippen LogP contribution in [0.5, 0.6) is 0 Å². The number of aliphatic imine (C=N–C) groups is 1. The van der Waals surface area contributed by atoms with Crippen LogP contribution in [0.2, 0.25) is 5.02 Å². The molecule has 3 rings (SSSR count). The normalized spacial score (nSPS) is 13.0. The number of allylic oxidation sites excluding steroid dienone is 2. The molecule has 182 valence electrons. The number of alkyl halides is 6. The molecule has 1 aromatic heterocycles. The van der Waals surface area contributed by atoms with Crippen LogP contribution in [0.15, 0.2) is 83.8 Å². The van der Waals surface area contributed by atoms with Crippen molar-refractivity contribution >= 4 is 34.6 Å². The first-order valence-electron chi connectivity index (χ1n) is 9.67. The van der Waals surface area contributed by atoms with E-state index in [9.17, 15) is 31.1 Å². The topological polar surface area (TPSA) is 80.4 Å². The summed E-state index contributed by atoms with van der Waals surface area (Å²) >= 11 is 6.05. The van der Waals surface area contributed by atoms with Gasteiger partial charge in [-0.15, -0.1) is 0 Å². The van der Waals surface area contributed by atoms with Gasteiger partial charge in [0.1, 0.15) is 5.70 Å². The van der Waals surface area contributed by atoms with Crippen LogP contribution < -0.4 is 11.1 Å². The van der Waals surface area contributed by atoms with Gasteiger partial charge in [-0.1, -0.05) is 35.9 Å². The number of anilines is 1. The smallest absolute Gasteiger partial charge is 0.395 e. The van der Waals surface area contributed by atoms with Crippen LogP contribution in [-0.4, -0.2) is 22.8 Å². The van der Waals surface area contributed by atoms with Crippen molar-refractivity contribution in [2.24, 2.45) is 10.7 Å². The molecule has 0 saturated carbocycles. The lowest BCUT2D eigenvalue weighted by Gasteiger charge is -2.13. The molecule has 3 N–H and O–H groups in total. The average Bonchev–Trinajstić information content (AvgIpc) is 2.79. The van der Waals surface area contributed by atoms with E-state index in [0.29, 0.717) is 12.3 Å². The Bertz CT molecular complexity index is 1280. The van der Waals surface area contributed by atoms with E-state index in [4.69, 9.17) is 17.3 Å². The molecule has 0 radical (unpaired) electrons. The summed E-state index contributed by atoms with van der Waals surface area (Å²) in [4.78, 5) is 20.1. The van der Waals surface area contributed by atoms with Gasteiger partial charge in [0.05, 0.1) is 27.7 Å². The Morgan fingerprint density at radius 3 is 2.20 bits per heavy atom. The van der Waals surface area contributed by atoms with Crippen molar-refractivity contribution in [2.75, 3.05) is 5.32 Å². The molecule has 3 aromatic rings. The SMILES string of the molecule is N/C(=C\C(=Nc1ccccc1Cl)c1ccc(C(=O)Nc2ccncc2C(F)(F)F)cc1)C(F)(F)F. The van der Waals surface area contributed by atoms with Crippen molar-refractivity contribution in [2.45, 2.75) is 12.4 Å². The lowest BCUT2D eigenvalue weighted by Crippen LogP contribution is -2.21. The van der Waals surface area contributed by atoms with Gasteiger partial charge in [0.15, 0.2) is 0 Å². The molecule has 0 unspecified atom stereocenters. The number of halogens is 7. The highest BCUT2D eigenvalue weighted by Gasteiger charge is 2.34. The summed E-state index contributed by atoms with van der Waals surface area (Å²) in [6, 6.07) is 12.2. The minimum absolute atomic E-state index is 0.0523. The predicted molar refractivity (Wildman–Crippen MR) is 120 cm³/mol. The minimum atomic E-state index is -4.82. The Morgan fingerprint density at radius 2 is 1.60 bits per heavy atom. The van der Waals surface area contributed by atoms with Gasteiger partial charge in [0, 0.05) is 23.5 Å². The molecule has 0 aliphatic carbocycles.